The second-order valence-corrected chi connectivity index (χ2v) is 4.73. The summed E-state index contributed by atoms with van der Waals surface area (Å²) in [5.74, 6) is 0.550. The molecule has 3 nitrogen and oxygen atoms in total. The minimum atomic E-state index is 0.120. The molecule has 0 heterocycles. The van der Waals surface area contributed by atoms with Crippen molar-refractivity contribution >= 4 is 12.0 Å². The topological polar surface area (TPSA) is 38.7 Å². The zero-order valence-corrected chi connectivity index (χ0v) is 11.9. The molecular formula is C14H27NO2. The highest BCUT2D eigenvalue weighted by Crippen LogP contribution is 2.19. The molecule has 0 amide bonds. The molecule has 0 aliphatic heterocycles. The van der Waals surface area contributed by atoms with E-state index < -0.39 is 0 Å². The first-order valence-corrected chi connectivity index (χ1v) is 6.59. The van der Waals surface area contributed by atoms with Gasteiger partial charge in [-0.15, -0.1) is 0 Å². The molecule has 0 bridgehead atoms. The fourth-order valence-electron chi connectivity index (χ4n) is 2.09. The number of rotatable bonds is 9. The van der Waals surface area contributed by atoms with Crippen molar-refractivity contribution in [3.8, 4) is 0 Å². The molecule has 0 radical (unpaired) electrons. The smallest absolute Gasteiger partial charge is 0.122 e. The van der Waals surface area contributed by atoms with Crippen molar-refractivity contribution in [3.63, 3.8) is 0 Å². The minimum absolute atomic E-state index is 0.120. The van der Waals surface area contributed by atoms with Crippen LogP contribution in [0.5, 0.6) is 0 Å². The van der Waals surface area contributed by atoms with Crippen molar-refractivity contribution in [1.82, 2.24) is 0 Å². The molecule has 3 heteroatoms. The third-order valence-corrected chi connectivity index (χ3v) is 3.01. The van der Waals surface area contributed by atoms with Crippen LogP contribution in [0.2, 0.25) is 0 Å². The zero-order valence-electron chi connectivity index (χ0n) is 11.9. The number of ether oxygens (including phenoxy) is 1. The van der Waals surface area contributed by atoms with Gasteiger partial charge in [0.05, 0.1) is 12.6 Å². The normalized spacial score (nSPS) is 17.6. The lowest BCUT2D eigenvalue weighted by atomic mass is 9.89. The van der Waals surface area contributed by atoms with Crippen LogP contribution in [0, 0.1) is 11.8 Å². The van der Waals surface area contributed by atoms with Gasteiger partial charge in [0, 0.05) is 18.7 Å². The van der Waals surface area contributed by atoms with Crippen molar-refractivity contribution in [2.75, 3.05) is 13.7 Å². The SMILES string of the molecule is CCC(=NC(C)COC)C(CC)CC(C)C=O. The largest absolute Gasteiger partial charge is 0.382 e. The van der Waals surface area contributed by atoms with E-state index in [1.807, 2.05) is 6.92 Å². The molecule has 0 aliphatic rings. The maximum atomic E-state index is 10.7. The number of methoxy groups -OCH3 is 1. The summed E-state index contributed by atoms with van der Waals surface area (Å²) in [6.45, 7) is 8.99. The van der Waals surface area contributed by atoms with Crippen LogP contribution in [-0.2, 0) is 9.53 Å². The van der Waals surface area contributed by atoms with Crippen molar-refractivity contribution < 1.29 is 9.53 Å². The van der Waals surface area contributed by atoms with E-state index in [1.54, 1.807) is 7.11 Å². The summed E-state index contributed by atoms with van der Waals surface area (Å²) in [6.07, 6.45) is 3.95. The number of carbonyl (C=O) groups excluding carboxylic acids is 1. The maximum Gasteiger partial charge on any atom is 0.122 e. The monoisotopic (exact) mass is 241 g/mol. The second kappa shape index (κ2) is 9.34. The molecular weight excluding hydrogens is 214 g/mol. The van der Waals surface area contributed by atoms with E-state index in [0.29, 0.717) is 12.5 Å². The average Bonchev–Trinajstić information content (AvgIpc) is 2.33. The molecule has 17 heavy (non-hydrogen) atoms. The Morgan fingerprint density at radius 2 is 2.00 bits per heavy atom. The lowest BCUT2D eigenvalue weighted by Crippen LogP contribution is -2.20. The molecule has 0 N–H and O–H groups in total. The van der Waals surface area contributed by atoms with Gasteiger partial charge in [0.1, 0.15) is 6.29 Å². The molecule has 3 unspecified atom stereocenters. The van der Waals surface area contributed by atoms with E-state index in [-0.39, 0.29) is 12.0 Å². The van der Waals surface area contributed by atoms with Gasteiger partial charge in [0.25, 0.3) is 0 Å². The summed E-state index contributed by atoms with van der Waals surface area (Å²) >= 11 is 0. The highest BCUT2D eigenvalue weighted by atomic mass is 16.5. The van der Waals surface area contributed by atoms with E-state index in [1.165, 1.54) is 5.71 Å². The summed E-state index contributed by atoms with van der Waals surface area (Å²) in [5.41, 5.74) is 1.23. The molecule has 0 aromatic rings. The maximum absolute atomic E-state index is 10.7. The first-order valence-electron chi connectivity index (χ1n) is 6.59. The molecule has 0 aliphatic carbocycles. The number of hydrogen-bond acceptors (Lipinski definition) is 3. The first-order chi connectivity index (χ1) is 8.08. The second-order valence-electron chi connectivity index (χ2n) is 4.73. The third kappa shape index (κ3) is 6.57. The van der Waals surface area contributed by atoms with Gasteiger partial charge in [-0.3, -0.25) is 4.99 Å². The number of hydrogen-bond donors (Lipinski definition) is 0. The van der Waals surface area contributed by atoms with Crippen LogP contribution in [0.15, 0.2) is 4.99 Å². The number of nitrogens with zero attached hydrogens (tertiary/aromatic N) is 1. The molecule has 3 atom stereocenters. The van der Waals surface area contributed by atoms with Crippen molar-refractivity contribution in [2.24, 2.45) is 16.8 Å². The number of aldehydes is 1. The predicted molar refractivity (Wildman–Crippen MR) is 72.7 cm³/mol. The van der Waals surface area contributed by atoms with Crippen LogP contribution in [0.25, 0.3) is 0 Å². The van der Waals surface area contributed by atoms with Crippen LogP contribution < -0.4 is 0 Å². The fraction of sp³-hybridized carbons (Fsp3) is 0.857. The van der Waals surface area contributed by atoms with Gasteiger partial charge < -0.3 is 9.53 Å². The summed E-state index contributed by atoms with van der Waals surface area (Å²) in [7, 11) is 1.70. The van der Waals surface area contributed by atoms with E-state index in [9.17, 15) is 4.79 Å². The standard InChI is InChI=1S/C14H27NO2/c1-6-13(8-11(3)9-16)14(7-2)15-12(4)10-17-5/h9,11-13H,6-8,10H2,1-5H3. The fourth-order valence-corrected chi connectivity index (χ4v) is 2.09. The van der Waals surface area contributed by atoms with Crippen molar-refractivity contribution in [1.29, 1.82) is 0 Å². The molecule has 0 aromatic carbocycles. The van der Waals surface area contributed by atoms with E-state index in [2.05, 4.69) is 20.8 Å². The zero-order chi connectivity index (χ0) is 13.3. The summed E-state index contributed by atoms with van der Waals surface area (Å²) in [6, 6.07) is 0.204. The van der Waals surface area contributed by atoms with Crippen molar-refractivity contribution in [3.05, 3.63) is 0 Å². The Morgan fingerprint density at radius 1 is 1.35 bits per heavy atom. The summed E-state index contributed by atoms with van der Waals surface area (Å²) < 4.78 is 5.10. The van der Waals surface area contributed by atoms with Gasteiger partial charge in [0.2, 0.25) is 0 Å². The van der Waals surface area contributed by atoms with Crippen LogP contribution in [-0.4, -0.2) is 31.8 Å². The van der Waals surface area contributed by atoms with Crippen LogP contribution in [0.4, 0.5) is 0 Å². The van der Waals surface area contributed by atoms with E-state index in [0.717, 1.165) is 25.5 Å². The highest BCUT2D eigenvalue weighted by Gasteiger charge is 2.16. The first kappa shape index (κ1) is 16.3. The average molecular weight is 241 g/mol. The lowest BCUT2D eigenvalue weighted by molar-refractivity contribution is -0.110. The third-order valence-electron chi connectivity index (χ3n) is 3.01. The highest BCUT2D eigenvalue weighted by molar-refractivity contribution is 5.87. The molecule has 0 saturated carbocycles. The molecule has 100 valence electrons. The minimum Gasteiger partial charge on any atom is -0.382 e. The molecule has 0 fully saturated rings. The van der Waals surface area contributed by atoms with Crippen LogP contribution in [0.1, 0.15) is 47.0 Å². The van der Waals surface area contributed by atoms with Crippen LogP contribution >= 0.6 is 0 Å². The number of carbonyl (C=O) groups is 1. The van der Waals surface area contributed by atoms with Gasteiger partial charge in [0.15, 0.2) is 0 Å². The van der Waals surface area contributed by atoms with Crippen molar-refractivity contribution in [2.45, 2.75) is 53.0 Å². The van der Waals surface area contributed by atoms with Gasteiger partial charge in [-0.05, 0) is 32.1 Å². The number of aliphatic imine (C=N–C) groups is 1. The van der Waals surface area contributed by atoms with Gasteiger partial charge in [-0.1, -0.05) is 20.8 Å². The molecule has 0 rings (SSSR count). The van der Waals surface area contributed by atoms with Gasteiger partial charge in [-0.2, -0.15) is 0 Å². The Labute approximate surface area is 106 Å². The summed E-state index contributed by atoms with van der Waals surface area (Å²) in [4.78, 5) is 15.5. The molecule has 0 saturated heterocycles. The van der Waals surface area contributed by atoms with Crippen LogP contribution in [0.3, 0.4) is 0 Å². The molecule has 0 aromatic heterocycles. The lowest BCUT2D eigenvalue weighted by Gasteiger charge is -2.20. The molecule has 0 spiro atoms. The Hall–Kier alpha value is -0.700. The Kier molecular flexibility index (Phi) is 8.96. The Balaban J connectivity index is 4.61. The predicted octanol–water partition coefficient (Wildman–Crippen LogP) is 3.12. The summed E-state index contributed by atoms with van der Waals surface area (Å²) in [5, 5.41) is 0. The van der Waals surface area contributed by atoms with E-state index in [4.69, 9.17) is 9.73 Å². The van der Waals surface area contributed by atoms with Gasteiger partial charge in [-0.25, -0.2) is 0 Å². The quantitative estimate of drug-likeness (QED) is 0.459. The van der Waals surface area contributed by atoms with E-state index >= 15 is 0 Å². The Bertz CT molecular complexity index is 238. The van der Waals surface area contributed by atoms with Gasteiger partial charge >= 0.3 is 0 Å². The Morgan fingerprint density at radius 3 is 2.41 bits per heavy atom.